The van der Waals surface area contributed by atoms with Crippen LogP contribution in [0.15, 0.2) is 35.4 Å². The van der Waals surface area contributed by atoms with Crippen LogP contribution in [-0.2, 0) is 10.0 Å². The quantitative estimate of drug-likeness (QED) is 0.864. The van der Waals surface area contributed by atoms with Crippen LogP contribution < -0.4 is 5.32 Å². The normalized spacial score (nSPS) is 21.5. The number of benzene rings is 1. The molecular weight excluding hydrogens is 370 g/mol. The minimum Gasteiger partial charge on any atom is -0.298 e. The van der Waals surface area contributed by atoms with E-state index in [0.717, 1.165) is 11.3 Å². The summed E-state index contributed by atoms with van der Waals surface area (Å²) in [6, 6.07) is 6.08. The molecule has 0 saturated carbocycles. The lowest BCUT2D eigenvalue weighted by molar-refractivity contribution is 0.102. The standard InChI is InChI=1S/C18H23N3O3S2/c1-12-8-13(2)11-21(10-12)26(23,24)16-6-4-15(5-7-16)17(22)20-18-19-9-14(3)25-18/h4-7,9,12-13H,8,10-11H2,1-3H3,(H,19,20,22)/t12-,13-/m1/s1. The number of rotatable bonds is 4. The predicted octanol–water partition coefficient (Wildman–Crippen LogP) is 3.37. The fraction of sp³-hybridized carbons (Fsp3) is 0.444. The molecule has 1 aliphatic heterocycles. The van der Waals surface area contributed by atoms with Crippen molar-refractivity contribution in [2.75, 3.05) is 18.4 Å². The zero-order valence-corrected chi connectivity index (χ0v) is 16.7. The second-order valence-electron chi connectivity index (χ2n) is 7.02. The summed E-state index contributed by atoms with van der Waals surface area (Å²) in [5.74, 6) is 0.393. The first kappa shape index (κ1) is 19.0. The van der Waals surface area contributed by atoms with E-state index in [1.54, 1.807) is 22.6 Å². The molecular formula is C18H23N3O3S2. The van der Waals surface area contributed by atoms with Gasteiger partial charge in [-0.3, -0.25) is 10.1 Å². The van der Waals surface area contributed by atoms with Crippen LogP contribution in [0.5, 0.6) is 0 Å². The molecule has 0 radical (unpaired) electrons. The summed E-state index contributed by atoms with van der Waals surface area (Å²) >= 11 is 1.39. The van der Waals surface area contributed by atoms with Gasteiger partial charge in [0.1, 0.15) is 0 Å². The first-order chi connectivity index (χ1) is 12.3. The molecule has 0 bridgehead atoms. The van der Waals surface area contributed by atoms with Gasteiger partial charge in [-0.1, -0.05) is 13.8 Å². The van der Waals surface area contributed by atoms with Gasteiger partial charge in [0.15, 0.2) is 5.13 Å². The summed E-state index contributed by atoms with van der Waals surface area (Å²) in [5, 5.41) is 3.25. The van der Waals surface area contributed by atoms with E-state index in [1.165, 1.54) is 23.5 Å². The summed E-state index contributed by atoms with van der Waals surface area (Å²) in [6.45, 7) is 7.14. The zero-order chi connectivity index (χ0) is 18.9. The summed E-state index contributed by atoms with van der Waals surface area (Å²) in [7, 11) is -3.53. The highest BCUT2D eigenvalue weighted by Gasteiger charge is 2.31. The number of nitrogens with zero attached hydrogens (tertiary/aromatic N) is 2. The van der Waals surface area contributed by atoms with Gasteiger partial charge in [0.2, 0.25) is 10.0 Å². The average Bonchev–Trinajstić information content (AvgIpc) is 2.99. The molecule has 1 saturated heterocycles. The molecule has 2 aromatic rings. The second kappa shape index (κ2) is 7.46. The Balaban J connectivity index is 1.75. The molecule has 1 amide bonds. The Morgan fingerprint density at radius 2 is 1.81 bits per heavy atom. The van der Waals surface area contributed by atoms with Crippen molar-refractivity contribution in [1.29, 1.82) is 0 Å². The van der Waals surface area contributed by atoms with Crippen LogP contribution in [0.1, 0.15) is 35.5 Å². The van der Waals surface area contributed by atoms with Gasteiger partial charge in [-0.25, -0.2) is 13.4 Å². The predicted molar refractivity (Wildman–Crippen MR) is 103 cm³/mol. The smallest absolute Gasteiger partial charge is 0.257 e. The molecule has 140 valence electrons. The van der Waals surface area contributed by atoms with Gasteiger partial charge in [0, 0.05) is 29.7 Å². The molecule has 1 aromatic heterocycles. The first-order valence-electron chi connectivity index (χ1n) is 8.59. The van der Waals surface area contributed by atoms with Crippen molar-refractivity contribution >= 4 is 32.4 Å². The van der Waals surface area contributed by atoms with Gasteiger partial charge >= 0.3 is 0 Å². The zero-order valence-electron chi connectivity index (χ0n) is 15.1. The summed E-state index contributed by atoms with van der Waals surface area (Å²) in [5.41, 5.74) is 0.400. The molecule has 2 atom stereocenters. The molecule has 3 rings (SSSR count). The molecule has 0 aliphatic carbocycles. The maximum absolute atomic E-state index is 12.9. The third-order valence-corrected chi connectivity index (χ3v) is 7.11. The minimum atomic E-state index is -3.53. The van der Waals surface area contributed by atoms with Gasteiger partial charge in [0.25, 0.3) is 5.91 Å². The molecule has 26 heavy (non-hydrogen) atoms. The molecule has 1 aliphatic rings. The van der Waals surface area contributed by atoms with Crippen LogP contribution >= 0.6 is 11.3 Å². The Morgan fingerprint density at radius 1 is 1.19 bits per heavy atom. The topological polar surface area (TPSA) is 79.4 Å². The van der Waals surface area contributed by atoms with Crippen molar-refractivity contribution in [1.82, 2.24) is 9.29 Å². The third kappa shape index (κ3) is 4.13. The summed E-state index contributed by atoms with van der Waals surface area (Å²) < 4.78 is 27.3. The lowest BCUT2D eigenvalue weighted by Crippen LogP contribution is -2.42. The fourth-order valence-electron chi connectivity index (χ4n) is 3.31. The van der Waals surface area contributed by atoms with Crippen molar-refractivity contribution in [2.24, 2.45) is 11.8 Å². The van der Waals surface area contributed by atoms with Crippen LogP contribution in [0.4, 0.5) is 5.13 Å². The lowest BCUT2D eigenvalue weighted by Gasteiger charge is -2.34. The maximum atomic E-state index is 12.9. The summed E-state index contributed by atoms with van der Waals surface area (Å²) in [6.07, 6.45) is 2.73. The number of sulfonamides is 1. The number of aryl methyl sites for hydroxylation is 1. The molecule has 6 nitrogen and oxygen atoms in total. The average molecular weight is 394 g/mol. The monoisotopic (exact) mass is 393 g/mol. The highest BCUT2D eigenvalue weighted by atomic mass is 32.2. The van der Waals surface area contributed by atoms with E-state index in [4.69, 9.17) is 0 Å². The van der Waals surface area contributed by atoms with Gasteiger partial charge in [-0.2, -0.15) is 4.31 Å². The molecule has 1 fully saturated rings. The first-order valence-corrected chi connectivity index (χ1v) is 10.9. The van der Waals surface area contributed by atoms with E-state index in [1.807, 2.05) is 6.92 Å². The number of piperidine rings is 1. The third-order valence-electron chi connectivity index (χ3n) is 4.43. The number of carbonyl (C=O) groups is 1. The number of hydrogen-bond acceptors (Lipinski definition) is 5. The van der Waals surface area contributed by atoms with Crippen molar-refractivity contribution in [3.05, 3.63) is 40.9 Å². The minimum absolute atomic E-state index is 0.223. The lowest BCUT2D eigenvalue weighted by atomic mass is 9.94. The molecule has 1 aromatic carbocycles. The van der Waals surface area contributed by atoms with E-state index in [-0.39, 0.29) is 10.8 Å². The fourth-order valence-corrected chi connectivity index (χ4v) is 5.65. The Bertz CT molecular complexity index is 881. The van der Waals surface area contributed by atoms with Gasteiger partial charge in [0.05, 0.1) is 4.90 Å². The van der Waals surface area contributed by atoms with E-state index in [2.05, 4.69) is 24.1 Å². The molecule has 8 heteroatoms. The van der Waals surface area contributed by atoms with E-state index >= 15 is 0 Å². The number of carbonyl (C=O) groups excluding carboxylic acids is 1. The van der Waals surface area contributed by atoms with Gasteiger partial charge < -0.3 is 0 Å². The van der Waals surface area contributed by atoms with Crippen molar-refractivity contribution in [3.8, 4) is 0 Å². The Labute approximate surface area is 158 Å². The Kier molecular flexibility index (Phi) is 5.45. The van der Waals surface area contributed by atoms with Crippen LogP contribution in [-0.4, -0.2) is 36.7 Å². The highest BCUT2D eigenvalue weighted by molar-refractivity contribution is 7.89. The van der Waals surface area contributed by atoms with Crippen molar-refractivity contribution < 1.29 is 13.2 Å². The largest absolute Gasteiger partial charge is 0.298 e. The highest BCUT2D eigenvalue weighted by Crippen LogP contribution is 2.27. The number of aromatic nitrogens is 1. The number of hydrogen-bond donors (Lipinski definition) is 1. The SMILES string of the molecule is Cc1cnc(NC(=O)c2ccc(S(=O)(=O)N3C[C@H](C)C[C@@H](C)C3)cc2)s1. The van der Waals surface area contributed by atoms with E-state index < -0.39 is 10.0 Å². The number of nitrogens with one attached hydrogen (secondary N) is 1. The second-order valence-corrected chi connectivity index (χ2v) is 10.2. The molecule has 2 heterocycles. The molecule has 0 spiro atoms. The molecule has 0 unspecified atom stereocenters. The summed E-state index contributed by atoms with van der Waals surface area (Å²) in [4.78, 5) is 17.6. The number of anilines is 1. The van der Waals surface area contributed by atoms with Crippen molar-refractivity contribution in [3.63, 3.8) is 0 Å². The van der Waals surface area contributed by atoms with Crippen LogP contribution in [0.25, 0.3) is 0 Å². The molecule has 1 N–H and O–H groups in total. The van der Waals surface area contributed by atoms with Crippen LogP contribution in [0.2, 0.25) is 0 Å². The van der Waals surface area contributed by atoms with Gasteiger partial charge in [-0.15, -0.1) is 11.3 Å². The van der Waals surface area contributed by atoms with Crippen LogP contribution in [0.3, 0.4) is 0 Å². The van der Waals surface area contributed by atoms with E-state index in [0.29, 0.717) is 35.6 Å². The Hall–Kier alpha value is -1.77. The number of thiazole rings is 1. The maximum Gasteiger partial charge on any atom is 0.257 e. The van der Waals surface area contributed by atoms with Gasteiger partial charge in [-0.05, 0) is 49.4 Å². The van der Waals surface area contributed by atoms with Crippen LogP contribution in [0, 0.1) is 18.8 Å². The Morgan fingerprint density at radius 3 is 2.35 bits per heavy atom. The van der Waals surface area contributed by atoms with E-state index in [9.17, 15) is 13.2 Å². The number of amides is 1. The van der Waals surface area contributed by atoms with Crippen molar-refractivity contribution in [2.45, 2.75) is 32.1 Å².